The van der Waals surface area contributed by atoms with Gasteiger partial charge < -0.3 is 9.64 Å². The highest BCUT2D eigenvalue weighted by Crippen LogP contribution is 2.26. The Bertz CT molecular complexity index is 1260. The van der Waals surface area contributed by atoms with Crippen LogP contribution < -0.4 is 4.74 Å². The van der Waals surface area contributed by atoms with Crippen molar-refractivity contribution in [1.29, 1.82) is 0 Å². The number of ether oxygens (including phenoxy) is 1. The number of piperidine rings is 1. The first-order valence-corrected chi connectivity index (χ1v) is 12.7. The van der Waals surface area contributed by atoms with Gasteiger partial charge in [-0.2, -0.15) is 4.98 Å². The largest absolute Gasteiger partial charge is 0.473 e. The van der Waals surface area contributed by atoms with E-state index in [1.165, 1.54) is 18.6 Å². The minimum atomic E-state index is -3.38. The molecule has 0 N–H and O–H groups in total. The van der Waals surface area contributed by atoms with E-state index in [1.54, 1.807) is 17.0 Å². The number of amides is 1. The third-order valence-corrected chi connectivity index (χ3v) is 6.43. The van der Waals surface area contributed by atoms with Gasteiger partial charge in [0.05, 0.1) is 11.9 Å². The van der Waals surface area contributed by atoms with Crippen molar-refractivity contribution in [2.75, 3.05) is 19.3 Å². The van der Waals surface area contributed by atoms with Crippen molar-refractivity contribution in [2.24, 2.45) is 5.41 Å². The molecular weight excluding hydrogens is 444 g/mol. The molecule has 0 bridgehead atoms. The number of nitrogens with zero attached hydrogens (tertiary/aromatic N) is 6. The Morgan fingerprint density at radius 1 is 1.12 bits per heavy atom. The number of imidazole rings is 1. The standard InChI is InChI=1S/C22H28N6O4S/c1-22(2,3)11-18(29)27-9-7-16(8-10-27)32-21-19-20(24-13-25-21)28(14-26-19)15-5-6-17(23-12-15)33(4,30)31/h5-6,12-14,16H,7-11H2,1-4H3. The second-order valence-corrected chi connectivity index (χ2v) is 11.5. The zero-order valence-electron chi connectivity index (χ0n) is 19.2. The maximum absolute atomic E-state index is 12.5. The lowest BCUT2D eigenvalue weighted by molar-refractivity contribution is -0.134. The fourth-order valence-electron chi connectivity index (χ4n) is 3.77. The van der Waals surface area contributed by atoms with Crippen molar-refractivity contribution in [3.05, 3.63) is 31.0 Å². The molecule has 1 aliphatic rings. The molecule has 0 aromatic carbocycles. The van der Waals surface area contributed by atoms with Crippen molar-refractivity contribution in [3.63, 3.8) is 0 Å². The SMILES string of the molecule is CC(C)(C)CC(=O)N1CCC(Oc2ncnc3c2ncn3-c2ccc(S(C)(=O)=O)nc2)CC1. The van der Waals surface area contributed by atoms with Gasteiger partial charge in [-0.05, 0) is 17.5 Å². The molecule has 0 radical (unpaired) electrons. The molecule has 10 nitrogen and oxygen atoms in total. The van der Waals surface area contributed by atoms with Crippen LogP contribution in [0.5, 0.6) is 5.88 Å². The van der Waals surface area contributed by atoms with E-state index < -0.39 is 9.84 Å². The zero-order chi connectivity index (χ0) is 23.8. The van der Waals surface area contributed by atoms with Crippen LogP contribution in [0, 0.1) is 5.41 Å². The van der Waals surface area contributed by atoms with Gasteiger partial charge in [0, 0.05) is 38.6 Å². The van der Waals surface area contributed by atoms with Crippen LogP contribution >= 0.6 is 0 Å². The summed E-state index contributed by atoms with van der Waals surface area (Å²) < 4.78 is 31.2. The van der Waals surface area contributed by atoms with Gasteiger partial charge in [0.15, 0.2) is 26.0 Å². The maximum Gasteiger partial charge on any atom is 0.245 e. The lowest BCUT2D eigenvalue weighted by Gasteiger charge is -2.33. The third kappa shape index (κ3) is 5.29. The van der Waals surface area contributed by atoms with E-state index in [-0.39, 0.29) is 22.5 Å². The molecule has 0 saturated carbocycles. The summed E-state index contributed by atoms with van der Waals surface area (Å²) >= 11 is 0. The molecule has 0 spiro atoms. The van der Waals surface area contributed by atoms with Crippen LogP contribution in [0.4, 0.5) is 0 Å². The molecule has 3 aromatic heterocycles. The van der Waals surface area contributed by atoms with Gasteiger partial charge in [-0.3, -0.25) is 9.36 Å². The predicted octanol–water partition coefficient (Wildman–Crippen LogP) is 2.42. The lowest BCUT2D eigenvalue weighted by Crippen LogP contribution is -2.42. The van der Waals surface area contributed by atoms with E-state index in [1.807, 2.05) is 4.90 Å². The van der Waals surface area contributed by atoms with E-state index in [9.17, 15) is 13.2 Å². The van der Waals surface area contributed by atoms with Gasteiger partial charge in [0.25, 0.3) is 0 Å². The van der Waals surface area contributed by atoms with E-state index in [0.29, 0.717) is 42.2 Å². The zero-order valence-corrected chi connectivity index (χ0v) is 20.0. The van der Waals surface area contributed by atoms with Crippen molar-refractivity contribution < 1.29 is 17.9 Å². The van der Waals surface area contributed by atoms with Gasteiger partial charge in [-0.1, -0.05) is 20.8 Å². The minimum Gasteiger partial charge on any atom is -0.473 e. The molecular formula is C22H28N6O4S. The number of aromatic nitrogens is 5. The van der Waals surface area contributed by atoms with Crippen LogP contribution in [0.1, 0.15) is 40.0 Å². The van der Waals surface area contributed by atoms with Crippen molar-refractivity contribution in [2.45, 2.75) is 51.2 Å². The molecule has 33 heavy (non-hydrogen) atoms. The fourth-order valence-corrected chi connectivity index (χ4v) is 4.33. The van der Waals surface area contributed by atoms with Crippen LogP contribution in [-0.2, 0) is 14.6 Å². The molecule has 1 aliphatic heterocycles. The molecule has 4 heterocycles. The third-order valence-electron chi connectivity index (χ3n) is 5.43. The molecule has 0 aliphatic carbocycles. The van der Waals surface area contributed by atoms with Gasteiger partial charge in [0.1, 0.15) is 18.8 Å². The normalized spacial score (nSPS) is 15.7. The van der Waals surface area contributed by atoms with Crippen molar-refractivity contribution in [3.8, 4) is 11.6 Å². The maximum atomic E-state index is 12.5. The number of sulfone groups is 1. The summed E-state index contributed by atoms with van der Waals surface area (Å²) in [6, 6.07) is 3.10. The van der Waals surface area contributed by atoms with Crippen LogP contribution in [0.2, 0.25) is 0 Å². The number of hydrogen-bond donors (Lipinski definition) is 0. The number of fused-ring (bicyclic) bond motifs is 1. The molecule has 1 fully saturated rings. The molecule has 0 atom stereocenters. The summed E-state index contributed by atoms with van der Waals surface area (Å²) in [6.07, 6.45) is 7.48. The van der Waals surface area contributed by atoms with Gasteiger partial charge in [0.2, 0.25) is 11.8 Å². The van der Waals surface area contributed by atoms with Gasteiger partial charge in [-0.15, -0.1) is 0 Å². The predicted molar refractivity (Wildman–Crippen MR) is 122 cm³/mol. The Balaban J connectivity index is 1.47. The molecule has 3 aromatic rings. The summed E-state index contributed by atoms with van der Waals surface area (Å²) in [7, 11) is -3.38. The van der Waals surface area contributed by atoms with E-state index in [0.717, 1.165) is 19.1 Å². The first-order chi connectivity index (χ1) is 15.5. The topological polar surface area (TPSA) is 120 Å². The average Bonchev–Trinajstić information content (AvgIpc) is 3.18. The number of likely N-dealkylation sites (tertiary alicyclic amines) is 1. The fraction of sp³-hybridized carbons (Fsp3) is 0.500. The summed E-state index contributed by atoms with van der Waals surface area (Å²) in [5.74, 6) is 0.568. The number of pyridine rings is 1. The number of rotatable bonds is 5. The Kier molecular flexibility index (Phi) is 6.08. The van der Waals surface area contributed by atoms with E-state index >= 15 is 0 Å². The van der Waals surface area contributed by atoms with Gasteiger partial charge in [-0.25, -0.2) is 23.4 Å². The van der Waals surface area contributed by atoms with Gasteiger partial charge >= 0.3 is 0 Å². The van der Waals surface area contributed by atoms with Crippen molar-refractivity contribution in [1.82, 2.24) is 29.4 Å². The Morgan fingerprint density at radius 3 is 2.45 bits per heavy atom. The quantitative estimate of drug-likeness (QED) is 0.555. The molecule has 1 amide bonds. The van der Waals surface area contributed by atoms with E-state index in [2.05, 4.69) is 40.7 Å². The van der Waals surface area contributed by atoms with Crippen LogP contribution in [0.3, 0.4) is 0 Å². The first-order valence-electron chi connectivity index (χ1n) is 10.8. The molecule has 4 rings (SSSR count). The Labute approximate surface area is 193 Å². The number of carbonyl (C=O) groups is 1. The molecule has 1 saturated heterocycles. The molecule has 11 heteroatoms. The number of carbonyl (C=O) groups excluding carboxylic acids is 1. The smallest absolute Gasteiger partial charge is 0.245 e. The Morgan fingerprint density at radius 2 is 1.85 bits per heavy atom. The molecule has 176 valence electrons. The monoisotopic (exact) mass is 472 g/mol. The second kappa shape index (κ2) is 8.69. The van der Waals surface area contributed by atoms with Crippen LogP contribution in [0.15, 0.2) is 36.0 Å². The Hall–Kier alpha value is -3.08. The highest BCUT2D eigenvalue weighted by molar-refractivity contribution is 7.90. The first kappa shape index (κ1) is 23.1. The number of hydrogen-bond acceptors (Lipinski definition) is 8. The minimum absolute atomic E-state index is 0.00152. The molecule has 0 unspecified atom stereocenters. The summed E-state index contributed by atoms with van der Waals surface area (Å²) in [5, 5.41) is 0.00152. The van der Waals surface area contributed by atoms with Crippen LogP contribution in [-0.4, -0.2) is 69.2 Å². The summed E-state index contributed by atoms with van der Waals surface area (Å²) in [5.41, 5.74) is 1.64. The second-order valence-electron chi connectivity index (χ2n) is 9.53. The highest BCUT2D eigenvalue weighted by atomic mass is 32.2. The van der Waals surface area contributed by atoms with Crippen molar-refractivity contribution >= 4 is 26.9 Å². The van der Waals surface area contributed by atoms with Crippen LogP contribution in [0.25, 0.3) is 16.9 Å². The summed E-state index contributed by atoms with van der Waals surface area (Å²) in [4.78, 5) is 31.4. The summed E-state index contributed by atoms with van der Waals surface area (Å²) in [6.45, 7) is 7.50. The highest BCUT2D eigenvalue weighted by Gasteiger charge is 2.27. The van der Waals surface area contributed by atoms with E-state index in [4.69, 9.17) is 4.74 Å². The average molecular weight is 473 g/mol. The lowest BCUT2D eigenvalue weighted by atomic mass is 9.91.